The van der Waals surface area contributed by atoms with Crippen LogP contribution in [0.15, 0.2) is 22.7 Å². The van der Waals surface area contributed by atoms with Crippen molar-refractivity contribution in [1.29, 1.82) is 0 Å². The number of aliphatic carboxylic acids is 1. The fourth-order valence-corrected chi connectivity index (χ4v) is 5.38. The van der Waals surface area contributed by atoms with Crippen molar-refractivity contribution >= 4 is 16.9 Å². The Morgan fingerprint density at radius 1 is 1.20 bits per heavy atom. The number of carbonyl (C=O) groups is 1. The quantitative estimate of drug-likeness (QED) is 0.393. The molecule has 0 amide bonds. The maximum absolute atomic E-state index is 11.7. The molecular weight excluding hydrogens is 448 g/mol. The van der Waals surface area contributed by atoms with Gasteiger partial charge in [0.2, 0.25) is 0 Å². The molecule has 2 aliphatic carbocycles. The normalized spacial score (nSPS) is 19.5. The van der Waals surface area contributed by atoms with Crippen LogP contribution in [0.3, 0.4) is 0 Å². The van der Waals surface area contributed by atoms with Gasteiger partial charge in [0.15, 0.2) is 5.58 Å². The molecule has 2 aromatic rings. The van der Waals surface area contributed by atoms with Gasteiger partial charge in [-0.15, -0.1) is 0 Å². The Kier molecular flexibility index (Phi) is 8.22. The lowest BCUT2D eigenvalue weighted by Crippen LogP contribution is -2.48. The van der Waals surface area contributed by atoms with Crippen LogP contribution in [-0.2, 0) is 4.79 Å². The smallest absolute Gasteiger partial charge is 0.310 e. The van der Waals surface area contributed by atoms with E-state index >= 15 is 0 Å². The van der Waals surface area contributed by atoms with Gasteiger partial charge in [-0.1, -0.05) is 39.2 Å². The first-order valence-corrected chi connectivity index (χ1v) is 13.1. The molecule has 2 saturated carbocycles. The summed E-state index contributed by atoms with van der Waals surface area (Å²) in [4.78, 5) is 14.0. The maximum Gasteiger partial charge on any atom is 0.310 e. The standard InChI is InChI=1S/C27H40N2O6/c1-3-29(17-27(25(31)32)13-7-14-27)15-10-20(2)16-33-24-23-21(8-6-9-22(23)35-28-24)34-19-26(18-30)11-4-5-12-26/h6,8-9,20,30H,3-5,7,10-19H2,1-2H3,(H,31,32). The van der Waals surface area contributed by atoms with E-state index in [4.69, 9.17) is 14.0 Å². The molecule has 1 unspecified atom stereocenters. The highest BCUT2D eigenvalue weighted by molar-refractivity contribution is 5.88. The number of benzene rings is 1. The maximum atomic E-state index is 11.7. The van der Waals surface area contributed by atoms with E-state index in [1.165, 1.54) is 0 Å². The van der Waals surface area contributed by atoms with Gasteiger partial charge < -0.3 is 29.1 Å². The van der Waals surface area contributed by atoms with Crippen LogP contribution in [0.2, 0.25) is 0 Å². The van der Waals surface area contributed by atoms with Crippen LogP contribution in [0.4, 0.5) is 0 Å². The van der Waals surface area contributed by atoms with E-state index in [1.807, 2.05) is 18.2 Å². The summed E-state index contributed by atoms with van der Waals surface area (Å²) in [6.07, 6.45) is 7.68. The minimum Gasteiger partial charge on any atom is -0.492 e. The van der Waals surface area contributed by atoms with Gasteiger partial charge in [0, 0.05) is 12.0 Å². The van der Waals surface area contributed by atoms with E-state index in [9.17, 15) is 15.0 Å². The summed E-state index contributed by atoms with van der Waals surface area (Å²) in [5.74, 6) is 0.705. The van der Waals surface area contributed by atoms with E-state index in [0.717, 1.165) is 69.8 Å². The van der Waals surface area contributed by atoms with Crippen molar-refractivity contribution in [3.8, 4) is 11.6 Å². The van der Waals surface area contributed by atoms with Crippen molar-refractivity contribution in [2.45, 2.75) is 65.2 Å². The first kappa shape index (κ1) is 25.8. The largest absolute Gasteiger partial charge is 0.492 e. The van der Waals surface area contributed by atoms with Gasteiger partial charge in [0.1, 0.15) is 11.1 Å². The van der Waals surface area contributed by atoms with Crippen LogP contribution < -0.4 is 9.47 Å². The predicted octanol–water partition coefficient (Wildman–Crippen LogP) is 4.74. The van der Waals surface area contributed by atoms with Gasteiger partial charge in [-0.3, -0.25) is 4.79 Å². The van der Waals surface area contributed by atoms with E-state index in [-0.39, 0.29) is 17.9 Å². The minimum absolute atomic E-state index is 0.135. The van der Waals surface area contributed by atoms with Crippen molar-refractivity contribution in [3.63, 3.8) is 0 Å². The average molecular weight is 489 g/mol. The number of carboxylic acids is 1. The van der Waals surface area contributed by atoms with Crippen molar-refractivity contribution in [2.75, 3.05) is 39.5 Å². The Labute approximate surface area is 207 Å². The Hall–Kier alpha value is -2.32. The monoisotopic (exact) mass is 488 g/mol. The summed E-state index contributed by atoms with van der Waals surface area (Å²) in [5.41, 5.74) is -0.108. The first-order valence-electron chi connectivity index (χ1n) is 13.1. The van der Waals surface area contributed by atoms with E-state index < -0.39 is 11.4 Å². The SMILES string of the molecule is CCN(CCC(C)COc1noc2cccc(OCC3(CO)CCCC3)c12)CC1(C(=O)O)CCC1. The number of fused-ring (bicyclic) bond motifs is 1. The molecule has 1 heterocycles. The van der Waals surface area contributed by atoms with Crippen LogP contribution in [0, 0.1) is 16.7 Å². The molecule has 2 N–H and O–H groups in total. The number of rotatable bonds is 14. The molecule has 8 heteroatoms. The summed E-state index contributed by atoms with van der Waals surface area (Å²) >= 11 is 0. The molecule has 0 radical (unpaired) electrons. The fourth-order valence-electron chi connectivity index (χ4n) is 5.38. The first-order chi connectivity index (χ1) is 16.9. The number of carboxylic acid groups (broad SMARTS) is 1. The third kappa shape index (κ3) is 5.75. The molecule has 0 saturated heterocycles. The molecule has 1 atom stereocenters. The number of hydrogen-bond acceptors (Lipinski definition) is 7. The number of hydrogen-bond donors (Lipinski definition) is 2. The van der Waals surface area contributed by atoms with E-state index in [2.05, 4.69) is 23.9 Å². The van der Waals surface area contributed by atoms with Gasteiger partial charge in [0.25, 0.3) is 5.88 Å². The highest BCUT2D eigenvalue weighted by atomic mass is 16.5. The number of ether oxygens (including phenoxy) is 2. The van der Waals surface area contributed by atoms with Crippen LogP contribution in [-0.4, -0.2) is 65.7 Å². The summed E-state index contributed by atoms with van der Waals surface area (Å²) in [6.45, 7) is 7.61. The lowest BCUT2D eigenvalue weighted by molar-refractivity contribution is -0.156. The highest BCUT2D eigenvalue weighted by Crippen LogP contribution is 2.42. The fraction of sp³-hybridized carbons (Fsp3) is 0.704. The minimum atomic E-state index is -0.660. The van der Waals surface area contributed by atoms with Crippen LogP contribution in [0.5, 0.6) is 11.6 Å². The van der Waals surface area contributed by atoms with Crippen molar-refractivity contribution < 1.29 is 29.0 Å². The van der Waals surface area contributed by atoms with Gasteiger partial charge in [0.05, 0.1) is 25.2 Å². The Bertz CT molecular complexity index is 979. The molecule has 1 aromatic heterocycles. The zero-order chi connectivity index (χ0) is 24.9. The van der Waals surface area contributed by atoms with Gasteiger partial charge in [-0.25, -0.2) is 0 Å². The molecule has 4 rings (SSSR count). The summed E-state index contributed by atoms with van der Waals surface area (Å²) in [6, 6.07) is 5.62. The average Bonchev–Trinajstić information content (AvgIpc) is 3.48. The molecule has 0 bridgehead atoms. The zero-order valence-corrected chi connectivity index (χ0v) is 21.1. The number of aliphatic hydroxyl groups excluding tert-OH is 1. The molecule has 8 nitrogen and oxygen atoms in total. The topological polar surface area (TPSA) is 105 Å². The summed E-state index contributed by atoms with van der Waals surface area (Å²) in [7, 11) is 0. The number of nitrogens with zero attached hydrogens (tertiary/aromatic N) is 2. The van der Waals surface area contributed by atoms with Crippen molar-refractivity contribution in [2.24, 2.45) is 16.7 Å². The summed E-state index contributed by atoms with van der Waals surface area (Å²) in [5, 5.41) is 24.4. The van der Waals surface area contributed by atoms with E-state index in [1.54, 1.807) is 0 Å². The molecule has 2 fully saturated rings. The third-order valence-corrected chi connectivity index (χ3v) is 8.14. The third-order valence-electron chi connectivity index (χ3n) is 8.14. The molecule has 0 aliphatic heterocycles. The van der Waals surface area contributed by atoms with E-state index in [0.29, 0.717) is 37.0 Å². The van der Waals surface area contributed by atoms with Crippen LogP contribution in [0.1, 0.15) is 65.2 Å². The molecular formula is C27H40N2O6. The second kappa shape index (κ2) is 11.2. The number of aromatic nitrogens is 1. The molecule has 1 aromatic carbocycles. The Morgan fingerprint density at radius 3 is 2.60 bits per heavy atom. The van der Waals surface area contributed by atoms with Crippen molar-refractivity contribution in [3.05, 3.63) is 18.2 Å². The zero-order valence-electron chi connectivity index (χ0n) is 21.1. The molecule has 0 spiro atoms. The summed E-state index contributed by atoms with van der Waals surface area (Å²) < 4.78 is 17.7. The molecule has 35 heavy (non-hydrogen) atoms. The van der Waals surface area contributed by atoms with Crippen LogP contribution in [0.25, 0.3) is 11.0 Å². The second-order valence-corrected chi connectivity index (χ2v) is 10.8. The van der Waals surface area contributed by atoms with Gasteiger partial charge in [-0.2, -0.15) is 0 Å². The Balaban J connectivity index is 1.32. The lowest BCUT2D eigenvalue weighted by atomic mass is 9.68. The van der Waals surface area contributed by atoms with Gasteiger partial charge in [-0.05, 0) is 68.4 Å². The van der Waals surface area contributed by atoms with Crippen molar-refractivity contribution in [1.82, 2.24) is 10.1 Å². The second-order valence-electron chi connectivity index (χ2n) is 10.8. The highest BCUT2D eigenvalue weighted by Gasteiger charge is 2.45. The Morgan fingerprint density at radius 2 is 1.97 bits per heavy atom. The number of aliphatic hydroxyl groups is 1. The van der Waals surface area contributed by atoms with Crippen LogP contribution >= 0.6 is 0 Å². The van der Waals surface area contributed by atoms with Gasteiger partial charge >= 0.3 is 5.97 Å². The lowest BCUT2D eigenvalue weighted by Gasteiger charge is -2.41. The predicted molar refractivity (Wildman–Crippen MR) is 133 cm³/mol. The molecule has 2 aliphatic rings. The molecule has 194 valence electrons.